The Labute approximate surface area is 159 Å². The van der Waals surface area contributed by atoms with E-state index in [1.165, 1.54) is 11.6 Å². The molecule has 140 valence electrons. The van der Waals surface area contributed by atoms with Crippen molar-refractivity contribution in [3.63, 3.8) is 0 Å². The second-order valence-electron chi connectivity index (χ2n) is 6.91. The SMILES string of the molecule is COc1ccc(-c2cc(=O)[nH]c(-c3ccc(CN(C)C(C)C)cc3)n2)cc1. The second-order valence-corrected chi connectivity index (χ2v) is 6.91. The zero-order valence-corrected chi connectivity index (χ0v) is 16.2. The van der Waals surface area contributed by atoms with Crippen LogP contribution in [0.1, 0.15) is 19.4 Å². The molecule has 0 spiro atoms. The maximum absolute atomic E-state index is 12.1. The summed E-state index contributed by atoms with van der Waals surface area (Å²) >= 11 is 0. The van der Waals surface area contributed by atoms with Crippen molar-refractivity contribution in [3.8, 4) is 28.4 Å². The molecule has 0 atom stereocenters. The highest BCUT2D eigenvalue weighted by Crippen LogP contribution is 2.22. The smallest absolute Gasteiger partial charge is 0.251 e. The van der Waals surface area contributed by atoms with Crippen LogP contribution in [0.25, 0.3) is 22.6 Å². The van der Waals surface area contributed by atoms with Gasteiger partial charge in [-0.25, -0.2) is 4.98 Å². The lowest BCUT2D eigenvalue weighted by Crippen LogP contribution is -2.25. The number of hydrogen-bond acceptors (Lipinski definition) is 4. The number of hydrogen-bond donors (Lipinski definition) is 1. The molecule has 27 heavy (non-hydrogen) atoms. The number of nitrogens with one attached hydrogen (secondary N) is 1. The van der Waals surface area contributed by atoms with E-state index in [0.717, 1.165) is 23.4 Å². The third-order valence-corrected chi connectivity index (χ3v) is 4.67. The van der Waals surface area contributed by atoms with Gasteiger partial charge in [0.25, 0.3) is 5.56 Å². The fourth-order valence-electron chi connectivity index (χ4n) is 2.74. The quantitative estimate of drug-likeness (QED) is 0.720. The molecule has 2 aromatic carbocycles. The van der Waals surface area contributed by atoms with Crippen LogP contribution in [0, 0.1) is 0 Å². The molecule has 5 heteroatoms. The van der Waals surface area contributed by atoms with Crippen LogP contribution >= 0.6 is 0 Å². The summed E-state index contributed by atoms with van der Waals surface area (Å²) < 4.78 is 5.18. The lowest BCUT2D eigenvalue weighted by atomic mass is 10.1. The number of rotatable bonds is 6. The molecule has 1 N–H and O–H groups in total. The average Bonchev–Trinajstić information content (AvgIpc) is 2.68. The third-order valence-electron chi connectivity index (χ3n) is 4.67. The standard InChI is InChI=1S/C22H25N3O2/c1-15(2)25(3)14-16-5-7-18(8-6-16)22-23-20(13-21(26)24-22)17-9-11-19(27-4)12-10-17/h5-13,15H,14H2,1-4H3,(H,23,24,26). The molecule has 3 aromatic rings. The van der Waals surface area contributed by atoms with E-state index in [9.17, 15) is 4.79 Å². The van der Waals surface area contributed by atoms with Gasteiger partial charge >= 0.3 is 0 Å². The molecule has 5 nitrogen and oxygen atoms in total. The largest absolute Gasteiger partial charge is 0.497 e. The Morgan fingerprint density at radius 3 is 2.26 bits per heavy atom. The van der Waals surface area contributed by atoms with E-state index in [1.807, 2.05) is 36.4 Å². The number of nitrogens with zero attached hydrogens (tertiary/aromatic N) is 2. The first-order chi connectivity index (χ1) is 13.0. The summed E-state index contributed by atoms with van der Waals surface area (Å²) in [7, 11) is 3.73. The van der Waals surface area contributed by atoms with Gasteiger partial charge in [-0.3, -0.25) is 9.69 Å². The van der Waals surface area contributed by atoms with Gasteiger partial charge in [0.2, 0.25) is 0 Å². The molecule has 0 bridgehead atoms. The van der Waals surface area contributed by atoms with Gasteiger partial charge in [0.1, 0.15) is 11.6 Å². The molecule has 0 saturated heterocycles. The average molecular weight is 363 g/mol. The van der Waals surface area contributed by atoms with Gasteiger partial charge in [-0.05, 0) is 50.7 Å². The van der Waals surface area contributed by atoms with Crippen LogP contribution in [0.4, 0.5) is 0 Å². The first kappa shape index (κ1) is 18.9. The number of benzene rings is 2. The highest BCUT2D eigenvalue weighted by atomic mass is 16.5. The maximum atomic E-state index is 12.1. The molecule has 0 fully saturated rings. The molecule has 0 radical (unpaired) electrons. The lowest BCUT2D eigenvalue weighted by molar-refractivity contribution is 0.266. The van der Waals surface area contributed by atoms with E-state index in [2.05, 4.69) is 47.9 Å². The zero-order valence-electron chi connectivity index (χ0n) is 16.2. The monoisotopic (exact) mass is 363 g/mol. The first-order valence-electron chi connectivity index (χ1n) is 9.01. The predicted molar refractivity (Wildman–Crippen MR) is 109 cm³/mol. The minimum atomic E-state index is -0.172. The minimum absolute atomic E-state index is 0.172. The summed E-state index contributed by atoms with van der Waals surface area (Å²) in [6, 6.07) is 17.7. The van der Waals surface area contributed by atoms with E-state index in [-0.39, 0.29) is 5.56 Å². The Morgan fingerprint density at radius 2 is 1.67 bits per heavy atom. The Balaban J connectivity index is 1.88. The summed E-state index contributed by atoms with van der Waals surface area (Å²) in [6.07, 6.45) is 0. The van der Waals surface area contributed by atoms with Crippen LogP contribution in [-0.2, 0) is 6.54 Å². The molecule has 1 aromatic heterocycles. The van der Waals surface area contributed by atoms with Crippen molar-refractivity contribution < 1.29 is 4.74 Å². The highest BCUT2D eigenvalue weighted by Gasteiger charge is 2.08. The van der Waals surface area contributed by atoms with Crippen LogP contribution in [0.3, 0.4) is 0 Å². The van der Waals surface area contributed by atoms with Crippen LogP contribution in [0.15, 0.2) is 59.4 Å². The van der Waals surface area contributed by atoms with Gasteiger partial charge in [-0.2, -0.15) is 0 Å². The van der Waals surface area contributed by atoms with E-state index in [0.29, 0.717) is 17.6 Å². The van der Waals surface area contributed by atoms with Gasteiger partial charge in [0, 0.05) is 29.8 Å². The van der Waals surface area contributed by atoms with Crippen LogP contribution in [0.5, 0.6) is 5.75 Å². The topological polar surface area (TPSA) is 58.2 Å². The van der Waals surface area contributed by atoms with Crippen LogP contribution in [0.2, 0.25) is 0 Å². The van der Waals surface area contributed by atoms with Gasteiger partial charge in [0.05, 0.1) is 12.8 Å². The number of aromatic nitrogens is 2. The molecule has 1 heterocycles. The molecule has 0 aliphatic rings. The predicted octanol–water partition coefficient (Wildman–Crippen LogP) is 3.95. The second kappa shape index (κ2) is 8.18. The zero-order chi connectivity index (χ0) is 19.4. The molecular weight excluding hydrogens is 338 g/mol. The van der Waals surface area contributed by atoms with Gasteiger partial charge < -0.3 is 9.72 Å². The Morgan fingerprint density at radius 1 is 1.04 bits per heavy atom. The fourth-order valence-corrected chi connectivity index (χ4v) is 2.74. The fraction of sp³-hybridized carbons (Fsp3) is 0.273. The van der Waals surface area contributed by atoms with E-state index < -0.39 is 0 Å². The lowest BCUT2D eigenvalue weighted by Gasteiger charge is -2.21. The number of aromatic amines is 1. The van der Waals surface area contributed by atoms with E-state index in [4.69, 9.17) is 4.74 Å². The van der Waals surface area contributed by atoms with Crippen molar-refractivity contribution in [2.24, 2.45) is 0 Å². The Kier molecular flexibility index (Phi) is 5.72. The minimum Gasteiger partial charge on any atom is -0.497 e. The number of methoxy groups -OCH3 is 1. The van der Waals surface area contributed by atoms with Gasteiger partial charge in [-0.15, -0.1) is 0 Å². The van der Waals surface area contributed by atoms with E-state index >= 15 is 0 Å². The molecule has 0 aliphatic heterocycles. The van der Waals surface area contributed by atoms with Crippen molar-refractivity contribution in [1.82, 2.24) is 14.9 Å². The summed E-state index contributed by atoms with van der Waals surface area (Å²) in [5, 5.41) is 0. The first-order valence-corrected chi connectivity index (χ1v) is 9.01. The summed E-state index contributed by atoms with van der Waals surface area (Å²) in [5.41, 5.74) is 3.45. The summed E-state index contributed by atoms with van der Waals surface area (Å²) in [5.74, 6) is 1.34. The number of H-pyrrole nitrogens is 1. The normalized spacial score (nSPS) is 11.2. The van der Waals surface area contributed by atoms with Gasteiger partial charge in [0.15, 0.2) is 0 Å². The van der Waals surface area contributed by atoms with Crippen molar-refractivity contribution in [1.29, 1.82) is 0 Å². The molecule has 0 amide bonds. The molecular formula is C22H25N3O2. The highest BCUT2D eigenvalue weighted by molar-refractivity contribution is 5.64. The molecule has 0 saturated carbocycles. The summed E-state index contributed by atoms with van der Waals surface area (Å²) in [4.78, 5) is 21.9. The molecule has 0 unspecified atom stereocenters. The van der Waals surface area contributed by atoms with E-state index in [1.54, 1.807) is 7.11 Å². The maximum Gasteiger partial charge on any atom is 0.251 e. The summed E-state index contributed by atoms with van der Waals surface area (Å²) in [6.45, 7) is 5.23. The van der Waals surface area contributed by atoms with Crippen molar-refractivity contribution >= 4 is 0 Å². The van der Waals surface area contributed by atoms with Crippen LogP contribution < -0.4 is 10.3 Å². The van der Waals surface area contributed by atoms with Crippen LogP contribution in [-0.4, -0.2) is 35.1 Å². The molecule has 0 aliphatic carbocycles. The van der Waals surface area contributed by atoms with Crippen molar-refractivity contribution in [2.75, 3.05) is 14.2 Å². The van der Waals surface area contributed by atoms with Gasteiger partial charge in [-0.1, -0.05) is 24.3 Å². The Hall–Kier alpha value is -2.92. The molecule has 3 rings (SSSR count). The number of ether oxygens (including phenoxy) is 1. The van der Waals surface area contributed by atoms with Crippen molar-refractivity contribution in [2.45, 2.75) is 26.4 Å². The Bertz CT molecular complexity index is 945. The third kappa shape index (κ3) is 4.63. The van der Waals surface area contributed by atoms with Crippen molar-refractivity contribution in [3.05, 3.63) is 70.5 Å².